The first-order valence-electron chi connectivity index (χ1n) is 8.80. The van der Waals surface area contributed by atoms with Crippen molar-refractivity contribution < 1.29 is 9.52 Å². The van der Waals surface area contributed by atoms with Gasteiger partial charge in [-0.3, -0.25) is 9.80 Å². The lowest BCUT2D eigenvalue weighted by Gasteiger charge is -2.35. The van der Waals surface area contributed by atoms with Gasteiger partial charge in [0, 0.05) is 32.7 Å². The van der Waals surface area contributed by atoms with Crippen LogP contribution in [-0.4, -0.2) is 52.6 Å². The topological polar surface area (TPSA) is 52.7 Å². The molecule has 0 amide bonds. The molecule has 1 aliphatic heterocycles. The molecule has 2 aromatic carbocycles. The Labute approximate surface area is 147 Å². The number of aliphatic hydroxyl groups is 1. The van der Waals surface area contributed by atoms with Crippen molar-refractivity contribution in [2.75, 3.05) is 32.7 Å². The number of piperazine rings is 1. The summed E-state index contributed by atoms with van der Waals surface area (Å²) >= 11 is 0. The van der Waals surface area contributed by atoms with Crippen LogP contribution < -0.4 is 0 Å². The van der Waals surface area contributed by atoms with Crippen molar-refractivity contribution in [1.82, 2.24) is 14.8 Å². The Morgan fingerprint density at radius 2 is 1.60 bits per heavy atom. The molecule has 1 saturated heterocycles. The van der Waals surface area contributed by atoms with Crippen molar-refractivity contribution in [2.24, 2.45) is 0 Å². The van der Waals surface area contributed by atoms with Crippen molar-refractivity contribution in [1.29, 1.82) is 0 Å². The summed E-state index contributed by atoms with van der Waals surface area (Å²) in [6, 6.07) is 17.7. The van der Waals surface area contributed by atoms with Crippen LogP contribution in [0.3, 0.4) is 0 Å². The molecule has 130 valence electrons. The maximum atomic E-state index is 10.4. The van der Waals surface area contributed by atoms with Gasteiger partial charge in [-0.15, -0.1) is 0 Å². The van der Waals surface area contributed by atoms with Gasteiger partial charge in [-0.25, -0.2) is 4.98 Å². The van der Waals surface area contributed by atoms with Gasteiger partial charge in [-0.2, -0.15) is 0 Å². The second-order valence-electron chi connectivity index (χ2n) is 6.58. The molecule has 5 heteroatoms. The minimum Gasteiger partial charge on any atom is -0.439 e. The molecule has 1 aromatic heterocycles. The van der Waals surface area contributed by atoms with Crippen LogP contribution >= 0.6 is 0 Å². The quantitative estimate of drug-likeness (QED) is 0.776. The molecule has 5 nitrogen and oxygen atoms in total. The molecule has 1 N–H and O–H groups in total. The molecule has 0 unspecified atom stereocenters. The lowest BCUT2D eigenvalue weighted by molar-refractivity contribution is 0.0673. The Kier molecular flexibility index (Phi) is 4.78. The van der Waals surface area contributed by atoms with Crippen molar-refractivity contribution in [3.05, 3.63) is 66.1 Å². The predicted molar refractivity (Wildman–Crippen MR) is 97.1 cm³/mol. The molecule has 0 spiro atoms. The average molecular weight is 337 g/mol. The smallest absolute Gasteiger partial charge is 0.209 e. The average Bonchev–Trinajstić information content (AvgIpc) is 3.06. The number of aromatic nitrogens is 1. The van der Waals surface area contributed by atoms with Crippen LogP contribution in [-0.2, 0) is 6.54 Å². The zero-order valence-electron chi connectivity index (χ0n) is 14.2. The highest BCUT2D eigenvalue weighted by molar-refractivity contribution is 5.72. The molecule has 0 bridgehead atoms. The number of hydrogen-bond donors (Lipinski definition) is 1. The third-order valence-electron chi connectivity index (χ3n) is 4.78. The van der Waals surface area contributed by atoms with Crippen molar-refractivity contribution in [2.45, 2.75) is 12.6 Å². The second kappa shape index (κ2) is 7.35. The predicted octanol–water partition coefficient (Wildman–Crippen LogP) is 2.68. The Hall–Kier alpha value is -2.21. The van der Waals surface area contributed by atoms with E-state index in [0.29, 0.717) is 6.54 Å². The summed E-state index contributed by atoms with van der Waals surface area (Å²) in [7, 11) is 0. The standard InChI is InChI=1S/C20H23N3O2/c24-18(16-6-2-1-3-7-16)14-22-10-12-23(13-11-22)15-20-21-17-8-4-5-9-19(17)25-20/h1-9,18,24H,10-15H2/t18-/m0/s1. The molecule has 3 aromatic rings. The van der Waals surface area contributed by atoms with Gasteiger partial charge in [0.25, 0.3) is 0 Å². The normalized spacial score (nSPS) is 17.8. The Balaban J connectivity index is 1.29. The van der Waals surface area contributed by atoms with Crippen LogP contribution in [0.15, 0.2) is 59.0 Å². The summed E-state index contributed by atoms with van der Waals surface area (Å²) in [4.78, 5) is 9.23. The van der Waals surface area contributed by atoms with Crippen LogP contribution in [0.4, 0.5) is 0 Å². The molecular formula is C20H23N3O2. The number of aliphatic hydroxyl groups excluding tert-OH is 1. The fraction of sp³-hybridized carbons (Fsp3) is 0.350. The van der Waals surface area contributed by atoms with Crippen LogP contribution in [0, 0.1) is 0 Å². The number of para-hydroxylation sites is 2. The van der Waals surface area contributed by atoms with Gasteiger partial charge in [-0.05, 0) is 17.7 Å². The first-order valence-corrected chi connectivity index (χ1v) is 8.80. The van der Waals surface area contributed by atoms with E-state index in [-0.39, 0.29) is 0 Å². The highest BCUT2D eigenvalue weighted by Crippen LogP contribution is 2.18. The number of β-amino-alcohol motifs (C(OH)–C–C–N with tert-alkyl or cyclic N) is 1. The third kappa shape index (κ3) is 3.90. The first-order chi connectivity index (χ1) is 12.3. The van der Waals surface area contributed by atoms with E-state index in [1.807, 2.05) is 54.6 Å². The highest BCUT2D eigenvalue weighted by atomic mass is 16.3. The molecule has 25 heavy (non-hydrogen) atoms. The summed E-state index contributed by atoms with van der Waals surface area (Å²) in [5, 5.41) is 10.4. The molecule has 1 aliphatic rings. The third-order valence-corrected chi connectivity index (χ3v) is 4.78. The molecule has 4 rings (SSSR count). The summed E-state index contributed by atoms with van der Waals surface area (Å²) in [6.45, 7) is 5.24. The fourth-order valence-corrected chi connectivity index (χ4v) is 3.33. The largest absolute Gasteiger partial charge is 0.439 e. The van der Waals surface area contributed by atoms with Gasteiger partial charge in [0.15, 0.2) is 5.58 Å². The molecule has 0 radical (unpaired) electrons. The van der Waals surface area contributed by atoms with Crippen LogP contribution in [0.25, 0.3) is 11.1 Å². The molecular weight excluding hydrogens is 314 g/mol. The minimum atomic E-state index is -0.426. The molecule has 1 fully saturated rings. The van der Waals surface area contributed by atoms with Gasteiger partial charge in [0.05, 0.1) is 12.6 Å². The Morgan fingerprint density at radius 1 is 0.920 bits per heavy atom. The monoisotopic (exact) mass is 337 g/mol. The Morgan fingerprint density at radius 3 is 2.36 bits per heavy atom. The summed E-state index contributed by atoms with van der Waals surface area (Å²) < 4.78 is 5.81. The van der Waals surface area contributed by atoms with E-state index >= 15 is 0 Å². The van der Waals surface area contributed by atoms with Gasteiger partial charge in [0.1, 0.15) is 5.52 Å². The van der Waals surface area contributed by atoms with Gasteiger partial charge in [-0.1, -0.05) is 42.5 Å². The van der Waals surface area contributed by atoms with E-state index < -0.39 is 6.10 Å². The van der Waals surface area contributed by atoms with Crippen molar-refractivity contribution in [3.63, 3.8) is 0 Å². The summed E-state index contributed by atoms with van der Waals surface area (Å²) in [6.07, 6.45) is -0.426. The first kappa shape index (κ1) is 16.3. The number of oxazole rings is 1. The van der Waals surface area contributed by atoms with Crippen LogP contribution in [0.1, 0.15) is 17.6 Å². The molecule has 2 heterocycles. The van der Waals surface area contributed by atoms with Gasteiger partial charge in [0.2, 0.25) is 5.89 Å². The van der Waals surface area contributed by atoms with E-state index in [2.05, 4.69) is 14.8 Å². The zero-order chi connectivity index (χ0) is 17.1. The molecule has 0 saturated carbocycles. The number of fused-ring (bicyclic) bond motifs is 1. The summed E-state index contributed by atoms with van der Waals surface area (Å²) in [5.74, 6) is 0.777. The van der Waals surface area contributed by atoms with Gasteiger partial charge < -0.3 is 9.52 Å². The van der Waals surface area contributed by atoms with E-state index in [1.165, 1.54) is 0 Å². The van der Waals surface area contributed by atoms with Crippen molar-refractivity contribution >= 4 is 11.1 Å². The Bertz CT molecular complexity index is 777. The number of nitrogens with zero attached hydrogens (tertiary/aromatic N) is 3. The van der Waals surface area contributed by atoms with E-state index in [4.69, 9.17) is 4.42 Å². The fourth-order valence-electron chi connectivity index (χ4n) is 3.33. The zero-order valence-corrected chi connectivity index (χ0v) is 14.2. The van der Waals surface area contributed by atoms with Crippen LogP contribution in [0.2, 0.25) is 0 Å². The molecule has 1 atom stereocenters. The number of hydrogen-bond acceptors (Lipinski definition) is 5. The van der Waals surface area contributed by atoms with E-state index in [9.17, 15) is 5.11 Å². The van der Waals surface area contributed by atoms with Crippen molar-refractivity contribution in [3.8, 4) is 0 Å². The SMILES string of the molecule is O[C@@H](CN1CCN(Cc2nc3ccccc3o2)CC1)c1ccccc1. The maximum absolute atomic E-state index is 10.4. The minimum absolute atomic E-state index is 0.426. The van der Waals surface area contributed by atoms with Crippen LogP contribution in [0.5, 0.6) is 0 Å². The van der Waals surface area contributed by atoms with Gasteiger partial charge >= 0.3 is 0 Å². The maximum Gasteiger partial charge on any atom is 0.209 e. The molecule has 0 aliphatic carbocycles. The second-order valence-corrected chi connectivity index (χ2v) is 6.58. The lowest BCUT2D eigenvalue weighted by atomic mass is 10.1. The highest BCUT2D eigenvalue weighted by Gasteiger charge is 2.21. The van der Waals surface area contributed by atoms with E-state index in [0.717, 1.165) is 55.3 Å². The lowest BCUT2D eigenvalue weighted by Crippen LogP contribution is -2.47. The number of rotatable bonds is 5. The summed E-state index contributed by atoms with van der Waals surface area (Å²) in [5.41, 5.74) is 2.75. The number of benzene rings is 2. The van der Waals surface area contributed by atoms with E-state index in [1.54, 1.807) is 0 Å².